The Morgan fingerprint density at radius 3 is 2.63 bits per heavy atom. The van der Waals surface area contributed by atoms with Crippen LogP contribution in [0.2, 0.25) is 5.02 Å². The van der Waals surface area contributed by atoms with Gasteiger partial charge in [0.05, 0.1) is 25.0 Å². The molecular formula is C19H16ClF3N4O3. The molecule has 0 atom stereocenters. The Morgan fingerprint density at radius 1 is 1.23 bits per heavy atom. The predicted molar refractivity (Wildman–Crippen MR) is 104 cm³/mol. The highest BCUT2D eigenvalue weighted by Crippen LogP contribution is 2.30. The number of urea groups is 1. The second-order valence-corrected chi connectivity index (χ2v) is 6.54. The predicted octanol–water partition coefficient (Wildman–Crippen LogP) is 4.58. The number of hydrogen-bond acceptors (Lipinski definition) is 4. The maximum absolute atomic E-state index is 13.1. The molecule has 0 unspecified atom stereocenters. The Morgan fingerprint density at radius 2 is 2.00 bits per heavy atom. The second-order valence-electron chi connectivity index (χ2n) is 6.10. The SMILES string of the molecule is COc1ccc(NC(=O)NCc2cc(C(F)(F)F)nn2-c2cccc(Cl)c2)cc1O. The molecular weight excluding hydrogens is 425 g/mol. The molecule has 0 saturated heterocycles. The fraction of sp³-hybridized carbons (Fsp3) is 0.158. The van der Waals surface area contributed by atoms with E-state index in [2.05, 4.69) is 15.7 Å². The third-order valence-electron chi connectivity index (χ3n) is 3.99. The number of benzene rings is 2. The number of methoxy groups -OCH3 is 1. The van der Waals surface area contributed by atoms with E-state index in [-0.39, 0.29) is 29.4 Å². The Balaban J connectivity index is 1.77. The van der Waals surface area contributed by atoms with E-state index in [1.54, 1.807) is 18.2 Å². The molecule has 2 amide bonds. The van der Waals surface area contributed by atoms with Crippen molar-refractivity contribution >= 4 is 23.3 Å². The number of aromatic hydroxyl groups is 1. The highest BCUT2D eigenvalue weighted by molar-refractivity contribution is 6.30. The summed E-state index contributed by atoms with van der Waals surface area (Å²) in [4.78, 5) is 12.1. The van der Waals surface area contributed by atoms with Crippen molar-refractivity contribution in [3.63, 3.8) is 0 Å². The van der Waals surface area contributed by atoms with Gasteiger partial charge in [-0.15, -0.1) is 0 Å². The number of ether oxygens (including phenoxy) is 1. The number of amides is 2. The van der Waals surface area contributed by atoms with Crippen molar-refractivity contribution in [1.29, 1.82) is 0 Å². The first kappa shape index (κ1) is 21.3. The second kappa shape index (κ2) is 8.54. The number of nitrogens with one attached hydrogen (secondary N) is 2. The first-order chi connectivity index (χ1) is 14.2. The average Bonchev–Trinajstić information content (AvgIpc) is 3.11. The van der Waals surface area contributed by atoms with E-state index in [0.717, 1.165) is 10.7 Å². The molecule has 0 fully saturated rings. The lowest BCUT2D eigenvalue weighted by molar-refractivity contribution is -0.141. The van der Waals surface area contributed by atoms with Crippen molar-refractivity contribution in [2.75, 3.05) is 12.4 Å². The van der Waals surface area contributed by atoms with E-state index < -0.39 is 17.9 Å². The lowest BCUT2D eigenvalue weighted by Gasteiger charge is -2.11. The number of rotatable bonds is 5. The minimum Gasteiger partial charge on any atom is -0.504 e. The zero-order chi connectivity index (χ0) is 21.9. The molecule has 1 heterocycles. The van der Waals surface area contributed by atoms with Gasteiger partial charge in [-0.3, -0.25) is 0 Å². The quantitative estimate of drug-likeness (QED) is 0.542. The fourth-order valence-corrected chi connectivity index (χ4v) is 2.81. The topological polar surface area (TPSA) is 88.4 Å². The lowest BCUT2D eigenvalue weighted by atomic mass is 10.3. The molecule has 7 nitrogen and oxygen atoms in total. The third kappa shape index (κ3) is 4.95. The summed E-state index contributed by atoms with van der Waals surface area (Å²) in [6.07, 6.45) is -4.65. The van der Waals surface area contributed by atoms with Gasteiger partial charge in [0, 0.05) is 16.8 Å². The summed E-state index contributed by atoms with van der Waals surface area (Å²) < 4.78 is 45.4. The normalized spacial score (nSPS) is 11.2. The minimum atomic E-state index is -4.65. The summed E-state index contributed by atoms with van der Waals surface area (Å²) in [5.41, 5.74) is -0.419. The maximum atomic E-state index is 13.1. The van der Waals surface area contributed by atoms with Gasteiger partial charge in [-0.05, 0) is 36.4 Å². The Bertz CT molecular complexity index is 1070. The highest BCUT2D eigenvalue weighted by Gasteiger charge is 2.35. The Labute approximate surface area is 174 Å². The van der Waals surface area contributed by atoms with E-state index in [0.29, 0.717) is 10.7 Å². The summed E-state index contributed by atoms with van der Waals surface area (Å²) in [7, 11) is 1.38. The standard InChI is InChI=1S/C19H16ClF3N4O3/c1-30-16-6-5-12(8-15(16)28)25-18(29)24-10-14-9-17(19(21,22)23)26-27(14)13-4-2-3-11(20)7-13/h2-9,28H,10H2,1H3,(H2,24,25,29). The number of carbonyl (C=O) groups excluding carboxylic acids is 1. The van der Waals surface area contributed by atoms with Crippen LogP contribution in [-0.4, -0.2) is 28.0 Å². The molecule has 3 aromatic rings. The molecule has 0 aliphatic carbocycles. The van der Waals surface area contributed by atoms with Gasteiger partial charge in [-0.2, -0.15) is 18.3 Å². The van der Waals surface area contributed by atoms with Crippen LogP contribution in [0.1, 0.15) is 11.4 Å². The van der Waals surface area contributed by atoms with Crippen LogP contribution in [0.5, 0.6) is 11.5 Å². The van der Waals surface area contributed by atoms with Crippen molar-refractivity contribution in [1.82, 2.24) is 15.1 Å². The van der Waals surface area contributed by atoms with Crippen LogP contribution in [0.25, 0.3) is 5.69 Å². The Hall–Kier alpha value is -3.40. The molecule has 11 heteroatoms. The lowest BCUT2D eigenvalue weighted by Crippen LogP contribution is -2.29. The molecule has 0 aliphatic rings. The summed E-state index contributed by atoms with van der Waals surface area (Å²) in [6, 6.07) is 10.5. The largest absolute Gasteiger partial charge is 0.504 e. The molecule has 0 saturated carbocycles. The van der Waals surface area contributed by atoms with Crippen LogP contribution in [0.3, 0.4) is 0 Å². The summed E-state index contributed by atoms with van der Waals surface area (Å²) >= 11 is 5.92. The molecule has 3 N–H and O–H groups in total. The van der Waals surface area contributed by atoms with Gasteiger partial charge in [0.2, 0.25) is 0 Å². The molecule has 1 aromatic heterocycles. The van der Waals surface area contributed by atoms with Crippen molar-refractivity contribution in [3.05, 3.63) is 64.9 Å². The van der Waals surface area contributed by atoms with E-state index in [1.165, 1.54) is 31.4 Å². The number of phenolic OH excluding ortho intramolecular Hbond substituents is 1. The number of phenols is 1. The van der Waals surface area contributed by atoms with Gasteiger partial charge in [0.15, 0.2) is 17.2 Å². The van der Waals surface area contributed by atoms with Crippen molar-refractivity contribution in [3.8, 4) is 17.2 Å². The first-order valence-corrected chi connectivity index (χ1v) is 8.89. The highest BCUT2D eigenvalue weighted by atomic mass is 35.5. The van der Waals surface area contributed by atoms with E-state index >= 15 is 0 Å². The average molecular weight is 441 g/mol. The third-order valence-corrected chi connectivity index (χ3v) is 4.23. The van der Waals surface area contributed by atoms with E-state index in [4.69, 9.17) is 16.3 Å². The molecule has 30 heavy (non-hydrogen) atoms. The van der Waals surface area contributed by atoms with Gasteiger partial charge in [0.1, 0.15) is 0 Å². The molecule has 0 aliphatic heterocycles. The minimum absolute atomic E-state index is 0.0947. The van der Waals surface area contributed by atoms with Crippen LogP contribution in [0, 0.1) is 0 Å². The van der Waals surface area contributed by atoms with Crippen LogP contribution >= 0.6 is 11.6 Å². The fourth-order valence-electron chi connectivity index (χ4n) is 2.63. The van der Waals surface area contributed by atoms with Crippen molar-refractivity contribution in [2.24, 2.45) is 0 Å². The monoisotopic (exact) mass is 440 g/mol. The van der Waals surface area contributed by atoms with Crippen molar-refractivity contribution < 1.29 is 27.8 Å². The van der Waals surface area contributed by atoms with Gasteiger partial charge in [-0.25, -0.2) is 9.48 Å². The molecule has 3 rings (SSSR count). The zero-order valence-corrected chi connectivity index (χ0v) is 16.3. The number of hydrogen-bond donors (Lipinski definition) is 3. The van der Waals surface area contributed by atoms with Crippen molar-refractivity contribution in [2.45, 2.75) is 12.7 Å². The van der Waals surface area contributed by atoms with Gasteiger partial charge in [-0.1, -0.05) is 17.7 Å². The first-order valence-electron chi connectivity index (χ1n) is 8.51. The van der Waals surface area contributed by atoms with E-state index in [1.807, 2.05) is 0 Å². The Kier molecular flexibility index (Phi) is 6.06. The number of aromatic nitrogens is 2. The number of carbonyl (C=O) groups is 1. The smallest absolute Gasteiger partial charge is 0.435 e. The maximum Gasteiger partial charge on any atom is 0.435 e. The molecule has 0 radical (unpaired) electrons. The van der Waals surface area contributed by atoms with Gasteiger partial charge < -0.3 is 20.5 Å². The molecule has 0 bridgehead atoms. The van der Waals surface area contributed by atoms with Crippen LogP contribution in [0.15, 0.2) is 48.5 Å². The van der Waals surface area contributed by atoms with Crippen LogP contribution in [-0.2, 0) is 12.7 Å². The summed E-state index contributed by atoms with van der Waals surface area (Å²) in [6.45, 7) is -0.246. The number of halogens is 4. The number of nitrogens with zero attached hydrogens (tertiary/aromatic N) is 2. The van der Waals surface area contributed by atoms with Crippen LogP contribution < -0.4 is 15.4 Å². The van der Waals surface area contributed by atoms with Gasteiger partial charge in [0.25, 0.3) is 0 Å². The van der Waals surface area contributed by atoms with E-state index in [9.17, 15) is 23.1 Å². The van der Waals surface area contributed by atoms with Crippen LogP contribution in [0.4, 0.5) is 23.7 Å². The molecule has 0 spiro atoms. The number of alkyl halides is 3. The molecule has 2 aromatic carbocycles. The van der Waals surface area contributed by atoms with Gasteiger partial charge >= 0.3 is 12.2 Å². The molecule has 158 valence electrons. The summed E-state index contributed by atoms with van der Waals surface area (Å²) in [5, 5.41) is 18.6. The number of anilines is 1. The zero-order valence-electron chi connectivity index (χ0n) is 15.5. The summed E-state index contributed by atoms with van der Waals surface area (Å²) in [5.74, 6) is 0.0511.